The number of rotatable bonds is 5. The third-order valence-corrected chi connectivity index (χ3v) is 3.09. The number of thioether (sulfide) groups is 1. The molecule has 2 nitrogen and oxygen atoms in total. The Morgan fingerprint density at radius 2 is 2.00 bits per heavy atom. The molecule has 1 rings (SSSR count). The molecule has 0 radical (unpaired) electrons. The van der Waals surface area contributed by atoms with Gasteiger partial charge < -0.3 is 10.4 Å². The lowest BCUT2D eigenvalue weighted by Gasteiger charge is -2.23. The average molecular weight is 225 g/mol. The van der Waals surface area contributed by atoms with Gasteiger partial charge in [-0.05, 0) is 18.4 Å². The number of aliphatic hydroxyl groups excluding tert-OH is 1. The Bertz CT molecular complexity index is 312. The van der Waals surface area contributed by atoms with Gasteiger partial charge in [0.25, 0.3) is 0 Å². The Labute approximate surface area is 96.1 Å². The molecular weight excluding hydrogens is 206 g/mol. The molecule has 2 N–H and O–H groups in total. The van der Waals surface area contributed by atoms with Crippen molar-refractivity contribution in [2.24, 2.45) is 5.41 Å². The van der Waals surface area contributed by atoms with Crippen LogP contribution in [0.4, 0.5) is 5.69 Å². The molecule has 15 heavy (non-hydrogen) atoms. The minimum atomic E-state index is -0.0779. The second-order valence-corrected chi connectivity index (χ2v) is 5.22. The maximum Gasteiger partial charge on any atom is 0.0498 e. The van der Waals surface area contributed by atoms with Crippen molar-refractivity contribution in [1.82, 2.24) is 0 Å². The molecule has 0 amide bonds. The van der Waals surface area contributed by atoms with Gasteiger partial charge in [0.2, 0.25) is 0 Å². The molecule has 0 unspecified atom stereocenters. The van der Waals surface area contributed by atoms with E-state index in [1.165, 1.54) is 4.90 Å². The highest BCUT2D eigenvalue weighted by molar-refractivity contribution is 7.98. The normalized spacial score (nSPS) is 11.5. The Morgan fingerprint density at radius 3 is 2.60 bits per heavy atom. The largest absolute Gasteiger partial charge is 0.396 e. The van der Waals surface area contributed by atoms with Crippen LogP contribution < -0.4 is 5.32 Å². The molecule has 0 aromatic heterocycles. The molecule has 0 aliphatic carbocycles. The zero-order valence-corrected chi connectivity index (χ0v) is 10.4. The van der Waals surface area contributed by atoms with E-state index in [-0.39, 0.29) is 12.0 Å². The summed E-state index contributed by atoms with van der Waals surface area (Å²) in [6, 6.07) is 8.22. The Balaban J connectivity index is 2.65. The summed E-state index contributed by atoms with van der Waals surface area (Å²) < 4.78 is 0. The van der Waals surface area contributed by atoms with Crippen LogP contribution in [-0.4, -0.2) is 24.5 Å². The van der Waals surface area contributed by atoms with Crippen molar-refractivity contribution in [3.63, 3.8) is 0 Å². The number of anilines is 1. The number of hydrogen-bond donors (Lipinski definition) is 2. The van der Waals surface area contributed by atoms with E-state index in [1.54, 1.807) is 11.8 Å². The molecule has 0 aliphatic rings. The third-order valence-electron chi connectivity index (χ3n) is 2.29. The highest BCUT2D eigenvalue weighted by Crippen LogP contribution is 2.25. The van der Waals surface area contributed by atoms with Crippen LogP contribution in [0, 0.1) is 5.41 Å². The summed E-state index contributed by atoms with van der Waals surface area (Å²) in [5, 5.41) is 12.5. The zero-order valence-electron chi connectivity index (χ0n) is 9.58. The van der Waals surface area contributed by atoms with Crippen molar-refractivity contribution in [3.05, 3.63) is 24.3 Å². The quantitative estimate of drug-likeness (QED) is 0.756. The summed E-state index contributed by atoms with van der Waals surface area (Å²) in [5.74, 6) is 0. The fraction of sp³-hybridized carbons (Fsp3) is 0.500. The Morgan fingerprint density at radius 1 is 1.33 bits per heavy atom. The molecule has 1 aromatic rings. The first kappa shape index (κ1) is 12.4. The summed E-state index contributed by atoms with van der Waals surface area (Å²) in [4.78, 5) is 1.24. The highest BCUT2D eigenvalue weighted by atomic mass is 32.2. The van der Waals surface area contributed by atoms with Crippen molar-refractivity contribution < 1.29 is 5.11 Å². The molecule has 0 saturated carbocycles. The first-order chi connectivity index (χ1) is 7.09. The first-order valence-corrected chi connectivity index (χ1v) is 6.29. The predicted octanol–water partition coefficient (Wildman–Crippen LogP) is 2.84. The van der Waals surface area contributed by atoms with Crippen LogP contribution in [0.3, 0.4) is 0 Å². The zero-order chi connectivity index (χ0) is 11.3. The lowest BCUT2D eigenvalue weighted by molar-refractivity contribution is 0.171. The molecule has 0 spiro atoms. The smallest absolute Gasteiger partial charge is 0.0498 e. The molecular formula is C12H19NOS. The molecule has 0 heterocycles. The van der Waals surface area contributed by atoms with Crippen LogP contribution in [0.25, 0.3) is 0 Å². The van der Waals surface area contributed by atoms with E-state index in [0.717, 1.165) is 12.2 Å². The van der Waals surface area contributed by atoms with Crippen molar-refractivity contribution in [3.8, 4) is 0 Å². The topological polar surface area (TPSA) is 32.3 Å². The maximum absolute atomic E-state index is 9.15. The maximum atomic E-state index is 9.15. The van der Waals surface area contributed by atoms with Crippen LogP contribution in [0.2, 0.25) is 0 Å². The van der Waals surface area contributed by atoms with E-state index in [9.17, 15) is 0 Å². The van der Waals surface area contributed by atoms with E-state index in [0.29, 0.717) is 0 Å². The minimum absolute atomic E-state index is 0.0779. The number of hydrogen-bond acceptors (Lipinski definition) is 3. The molecule has 0 fully saturated rings. The summed E-state index contributed by atoms with van der Waals surface area (Å²) in [7, 11) is 0. The SMILES string of the molecule is CSc1ccccc1NCC(C)(C)CO. The molecule has 1 aromatic carbocycles. The van der Waals surface area contributed by atoms with Crippen LogP contribution in [-0.2, 0) is 0 Å². The van der Waals surface area contributed by atoms with Crippen LogP contribution in [0.1, 0.15) is 13.8 Å². The molecule has 0 aliphatic heterocycles. The van der Waals surface area contributed by atoms with Crippen LogP contribution in [0.5, 0.6) is 0 Å². The number of nitrogens with one attached hydrogen (secondary N) is 1. The van der Waals surface area contributed by atoms with Crippen molar-refractivity contribution in [2.45, 2.75) is 18.7 Å². The van der Waals surface area contributed by atoms with Gasteiger partial charge >= 0.3 is 0 Å². The van der Waals surface area contributed by atoms with E-state index in [2.05, 4.69) is 23.7 Å². The van der Waals surface area contributed by atoms with E-state index in [4.69, 9.17) is 5.11 Å². The van der Waals surface area contributed by atoms with Gasteiger partial charge in [0.05, 0.1) is 0 Å². The van der Waals surface area contributed by atoms with Gasteiger partial charge in [0.15, 0.2) is 0 Å². The molecule has 0 bridgehead atoms. The van der Waals surface area contributed by atoms with Crippen molar-refractivity contribution >= 4 is 17.4 Å². The fourth-order valence-electron chi connectivity index (χ4n) is 1.18. The summed E-state index contributed by atoms with van der Waals surface area (Å²) in [5.41, 5.74) is 1.07. The monoisotopic (exact) mass is 225 g/mol. The lowest BCUT2D eigenvalue weighted by Crippen LogP contribution is -2.26. The second-order valence-electron chi connectivity index (χ2n) is 4.38. The highest BCUT2D eigenvalue weighted by Gasteiger charge is 2.16. The predicted molar refractivity (Wildman–Crippen MR) is 67.6 cm³/mol. The fourth-order valence-corrected chi connectivity index (χ4v) is 1.76. The summed E-state index contributed by atoms with van der Waals surface area (Å²) in [6.07, 6.45) is 2.07. The van der Waals surface area contributed by atoms with Crippen LogP contribution in [0.15, 0.2) is 29.2 Å². The van der Waals surface area contributed by atoms with E-state index >= 15 is 0 Å². The molecule has 84 valence electrons. The van der Waals surface area contributed by atoms with Gasteiger partial charge in [-0.15, -0.1) is 11.8 Å². The summed E-state index contributed by atoms with van der Waals surface area (Å²) >= 11 is 1.73. The lowest BCUT2D eigenvalue weighted by atomic mass is 9.95. The van der Waals surface area contributed by atoms with Crippen LogP contribution >= 0.6 is 11.8 Å². The number of para-hydroxylation sites is 1. The van der Waals surface area contributed by atoms with Gasteiger partial charge in [0.1, 0.15) is 0 Å². The van der Waals surface area contributed by atoms with E-state index in [1.807, 2.05) is 26.0 Å². The Kier molecular flexibility index (Phi) is 4.48. The van der Waals surface area contributed by atoms with E-state index < -0.39 is 0 Å². The Hall–Kier alpha value is -0.670. The minimum Gasteiger partial charge on any atom is -0.396 e. The van der Waals surface area contributed by atoms with Gasteiger partial charge in [-0.3, -0.25) is 0 Å². The average Bonchev–Trinajstić information content (AvgIpc) is 2.27. The summed E-state index contributed by atoms with van der Waals surface area (Å²) in [6.45, 7) is 5.06. The number of aliphatic hydroxyl groups is 1. The standard InChI is InChI=1S/C12H19NOS/c1-12(2,9-14)8-13-10-6-4-5-7-11(10)15-3/h4-7,13-14H,8-9H2,1-3H3. The molecule has 0 atom stereocenters. The molecule has 0 saturated heterocycles. The van der Waals surface area contributed by atoms with Crippen molar-refractivity contribution in [2.75, 3.05) is 24.7 Å². The van der Waals surface area contributed by atoms with Gasteiger partial charge in [-0.2, -0.15) is 0 Å². The van der Waals surface area contributed by atoms with Gasteiger partial charge in [0, 0.05) is 29.1 Å². The second kappa shape index (κ2) is 5.42. The third kappa shape index (κ3) is 3.76. The van der Waals surface area contributed by atoms with Gasteiger partial charge in [-0.25, -0.2) is 0 Å². The molecule has 3 heteroatoms. The van der Waals surface area contributed by atoms with Gasteiger partial charge in [-0.1, -0.05) is 26.0 Å². The first-order valence-electron chi connectivity index (χ1n) is 5.07. The number of benzene rings is 1. The van der Waals surface area contributed by atoms with Crippen molar-refractivity contribution in [1.29, 1.82) is 0 Å².